The summed E-state index contributed by atoms with van der Waals surface area (Å²) in [6.45, 7) is 6.32. The lowest BCUT2D eigenvalue weighted by atomic mass is 10.1. The Morgan fingerprint density at radius 1 is 1.00 bits per heavy atom. The van der Waals surface area contributed by atoms with Gasteiger partial charge in [0.25, 0.3) is 0 Å². The number of Topliss-reactive ketones (excluding diaryl/α,β-unsaturated/α-hetero) is 1. The van der Waals surface area contributed by atoms with Crippen LogP contribution >= 0.6 is 0 Å². The maximum atomic E-state index is 13.0. The summed E-state index contributed by atoms with van der Waals surface area (Å²) >= 11 is 0. The van der Waals surface area contributed by atoms with Crippen LogP contribution in [-0.2, 0) is 25.6 Å². The van der Waals surface area contributed by atoms with E-state index in [2.05, 4.69) is 5.32 Å². The van der Waals surface area contributed by atoms with E-state index in [1.807, 2.05) is 30.3 Å². The van der Waals surface area contributed by atoms with Crippen molar-refractivity contribution in [1.82, 2.24) is 5.32 Å². The second-order valence-corrected chi connectivity index (χ2v) is 8.16. The van der Waals surface area contributed by atoms with Gasteiger partial charge in [0.2, 0.25) is 0 Å². The molecule has 0 radical (unpaired) electrons. The molecule has 0 aliphatic rings. The van der Waals surface area contributed by atoms with Crippen molar-refractivity contribution in [3.8, 4) is 0 Å². The number of alkyl carbamates (subject to hydrolysis) is 1. The molecule has 0 saturated heterocycles. The molecule has 2 atom stereocenters. The predicted molar refractivity (Wildman–Crippen MR) is 116 cm³/mol. The van der Waals surface area contributed by atoms with Crippen molar-refractivity contribution >= 4 is 17.8 Å². The third kappa shape index (κ3) is 8.47. The smallest absolute Gasteiger partial charge is 0.408 e. The van der Waals surface area contributed by atoms with Crippen LogP contribution in [-0.4, -0.2) is 42.2 Å². The molecular formula is C24H28FNO6. The van der Waals surface area contributed by atoms with Gasteiger partial charge >= 0.3 is 12.1 Å². The number of ether oxygens (including phenoxy) is 3. The minimum atomic E-state index is -1.21. The van der Waals surface area contributed by atoms with Crippen LogP contribution in [0.1, 0.15) is 43.6 Å². The number of nitrogens with one attached hydrogen (secondary N) is 1. The number of carbonyl (C=O) groups excluding carboxylic acids is 3. The molecule has 0 aliphatic heterocycles. The van der Waals surface area contributed by atoms with Gasteiger partial charge < -0.3 is 19.5 Å². The zero-order chi connectivity index (χ0) is 23.7. The van der Waals surface area contributed by atoms with Crippen LogP contribution in [0.25, 0.3) is 0 Å². The molecule has 0 unspecified atom stereocenters. The molecule has 7 nitrogen and oxygen atoms in total. The third-order valence-electron chi connectivity index (χ3n) is 4.26. The molecular weight excluding hydrogens is 417 g/mol. The normalized spacial score (nSPS) is 13.0. The van der Waals surface area contributed by atoms with Gasteiger partial charge in [-0.05, 0) is 57.5 Å². The van der Waals surface area contributed by atoms with Crippen molar-refractivity contribution < 1.29 is 33.0 Å². The zero-order valence-electron chi connectivity index (χ0n) is 18.6. The van der Waals surface area contributed by atoms with Gasteiger partial charge in [-0.2, -0.15) is 0 Å². The number of halogens is 1. The highest BCUT2D eigenvalue weighted by Crippen LogP contribution is 2.11. The Labute approximate surface area is 186 Å². The Kier molecular flexibility index (Phi) is 8.90. The lowest BCUT2D eigenvalue weighted by molar-refractivity contribution is -0.149. The molecule has 8 heteroatoms. The SMILES string of the molecule is C[C@@H](OCc1ccccc1)[C@@H](NC(=O)OC(C)(C)C)C(=O)OCC(=O)c1ccc(F)cc1. The van der Waals surface area contributed by atoms with Gasteiger partial charge in [-0.25, -0.2) is 14.0 Å². The molecule has 0 spiro atoms. The first-order valence-electron chi connectivity index (χ1n) is 10.2. The van der Waals surface area contributed by atoms with Crippen LogP contribution in [0.15, 0.2) is 54.6 Å². The highest BCUT2D eigenvalue weighted by Gasteiger charge is 2.31. The highest BCUT2D eigenvalue weighted by molar-refractivity contribution is 5.98. The number of hydrogen-bond donors (Lipinski definition) is 1. The summed E-state index contributed by atoms with van der Waals surface area (Å²) in [6.07, 6.45) is -1.60. The van der Waals surface area contributed by atoms with E-state index in [4.69, 9.17) is 14.2 Å². The first kappa shape index (κ1) is 25.0. The first-order chi connectivity index (χ1) is 15.0. The third-order valence-corrected chi connectivity index (χ3v) is 4.26. The molecule has 32 heavy (non-hydrogen) atoms. The Bertz CT molecular complexity index is 908. The van der Waals surface area contributed by atoms with E-state index in [1.165, 1.54) is 12.1 Å². The largest absolute Gasteiger partial charge is 0.456 e. The van der Waals surface area contributed by atoms with E-state index in [0.717, 1.165) is 17.7 Å². The lowest BCUT2D eigenvalue weighted by Gasteiger charge is -2.26. The van der Waals surface area contributed by atoms with Crippen LogP contribution in [0.4, 0.5) is 9.18 Å². The quantitative estimate of drug-likeness (QED) is 0.463. The number of hydrogen-bond acceptors (Lipinski definition) is 6. The lowest BCUT2D eigenvalue weighted by Crippen LogP contribution is -2.51. The van der Waals surface area contributed by atoms with Gasteiger partial charge in [-0.3, -0.25) is 4.79 Å². The Morgan fingerprint density at radius 3 is 2.22 bits per heavy atom. The summed E-state index contributed by atoms with van der Waals surface area (Å²) < 4.78 is 29.1. The van der Waals surface area contributed by atoms with Gasteiger partial charge in [-0.15, -0.1) is 0 Å². The molecule has 0 aromatic heterocycles. The standard InChI is InChI=1S/C24H28FNO6/c1-16(30-14-17-8-6-5-7-9-17)21(26-23(29)32-24(2,3)4)22(28)31-15-20(27)18-10-12-19(25)13-11-18/h5-13,16,21H,14-15H2,1-4H3,(H,26,29)/t16-,21-/m1/s1. The minimum Gasteiger partial charge on any atom is -0.456 e. The Balaban J connectivity index is 2.03. The number of benzene rings is 2. The summed E-state index contributed by atoms with van der Waals surface area (Å²) in [4.78, 5) is 37.2. The Hall–Kier alpha value is -3.26. The van der Waals surface area contributed by atoms with E-state index in [1.54, 1.807) is 27.7 Å². The van der Waals surface area contributed by atoms with Gasteiger partial charge in [0.05, 0.1) is 12.7 Å². The van der Waals surface area contributed by atoms with E-state index in [9.17, 15) is 18.8 Å². The average Bonchev–Trinajstić information content (AvgIpc) is 2.74. The van der Waals surface area contributed by atoms with Crippen LogP contribution < -0.4 is 5.32 Å². The molecule has 2 aromatic carbocycles. The molecule has 0 aliphatic carbocycles. The number of ketones is 1. The topological polar surface area (TPSA) is 90.9 Å². The fourth-order valence-corrected chi connectivity index (χ4v) is 2.65. The van der Waals surface area contributed by atoms with Gasteiger partial charge in [0.1, 0.15) is 11.4 Å². The first-order valence-corrected chi connectivity index (χ1v) is 10.2. The molecule has 0 fully saturated rings. The fourth-order valence-electron chi connectivity index (χ4n) is 2.65. The Morgan fingerprint density at radius 2 is 1.62 bits per heavy atom. The monoisotopic (exact) mass is 445 g/mol. The number of rotatable bonds is 9. The molecule has 2 rings (SSSR count). The van der Waals surface area contributed by atoms with E-state index >= 15 is 0 Å². The van der Waals surface area contributed by atoms with Crippen molar-refractivity contribution in [2.24, 2.45) is 0 Å². The number of carbonyl (C=O) groups is 3. The highest BCUT2D eigenvalue weighted by atomic mass is 19.1. The van der Waals surface area contributed by atoms with Crippen molar-refractivity contribution in [3.63, 3.8) is 0 Å². The summed E-state index contributed by atoms with van der Waals surface area (Å²) in [5.74, 6) is -1.84. The molecule has 2 aromatic rings. The van der Waals surface area contributed by atoms with Gasteiger partial charge in [-0.1, -0.05) is 30.3 Å². The average molecular weight is 445 g/mol. The molecule has 1 N–H and O–H groups in total. The second-order valence-electron chi connectivity index (χ2n) is 8.16. The van der Waals surface area contributed by atoms with Crippen molar-refractivity contribution in [1.29, 1.82) is 0 Å². The predicted octanol–water partition coefficient (Wildman–Crippen LogP) is 4.05. The number of esters is 1. The molecule has 172 valence electrons. The molecule has 0 bridgehead atoms. The maximum Gasteiger partial charge on any atom is 0.408 e. The molecule has 0 heterocycles. The molecule has 1 amide bonds. The summed E-state index contributed by atoms with van der Waals surface area (Å²) in [5, 5.41) is 2.46. The van der Waals surface area contributed by atoms with Crippen LogP contribution in [0.3, 0.4) is 0 Å². The van der Waals surface area contributed by atoms with Crippen molar-refractivity contribution in [3.05, 3.63) is 71.5 Å². The van der Waals surface area contributed by atoms with Gasteiger partial charge in [0, 0.05) is 5.56 Å². The van der Waals surface area contributed by atoms with Gasteiger partial charge in [0.15, 0.2) is 18.4 Å². The van der Waals surface area contributed by atoms with Crippen LogP contribution in [0.5, 0.6) is 0 Å². The van der Waals surface area contributed by atoms with Crippen LogP contribution in [0.2, 0.25) is 0 Å². The minimum absolute atomic E-state index is 0.198. The van der Waals surface area contributed by atoms with E-state index < -0.39 is 48.0 Å². The summed E-state index contributed by atoms with van der Waals surface area (Å²) in [6, 6.07) is 13.0. The van der Waals surface area contributed by atoms with Crippen LogP contribution in [0, 0.1) is 5.82 Å². The molecule has 0 saturated carbocycles. The van der Waals surface area contributed by atoms with E-state index in [-0.39, 0.29) is 12.2 Å². The van der Waals surface area contributed by atoms with Crippen molar-refractivity contribution in [2.45, 2.75) is 52.0 Å². The summed E-state index contributed by atoms with van der Waals surface area (Å²) in [7, 11) is 0. The maximum absolute atomic E-state index is 13.0. The summed E-state index contributed by atoms with van der Waals surface area (Å²) in [5.41, 5.74) is 0.310. The van der Waals surface area contributed by atoms with E-state index in [0.29, 0.717) is 0 Å². The second kappa shape index (κ2) is 11.4. The van der Waals surface area contributed by atoms with Crippen molar-refractivity contribution in [2.75, 3.05) is 6.61 Å². The zero-order valence-corrected chi connectivity index (χ0v) is 18.6. The fraction of sp³-hybridized carbons (Fsp3) is 0.375. The number of amides is 1.